The number of amides is 1. The zero-order valence-electron chi connectivity index (χ0n) is 10.9. The topological polar surface area (TPSA) is 72.1 Å². The van der Waals surface area contributed by atoms with Gasteiger partial charge in [-0.05, 0) is 12.1 Å². The van der Waals surface area contributed by atoms with E-state index in [4.69, 9.17) is 5.73 Å². The van der Waals surface area contributed by atoms with Crippen LogP contribution in [0.3, 0.4) is 0 Å². The van der Waals surface area contributed by atoms with Crippen LogP contribution in [0.1, 0.15) is 11.4 Å². The van der Waals surface area contributed by atoms with Gasteiger partial charge in [0, 0.05) is 18.1 Å². The van der Waals surface area contributed by atoms with E-state index in [0.29, 0.717) is 12.2 Å². The first-order chi connectivity index (χ1) is 8.65. The Balaban J connectivity index is 0.00000180. The molecule has 0 unspecified atom stereocenters. The number of nitrogens with zero attached hydrogens (tertiary/aromatic N) is 3. The highest BCUT2D eigenvalue weighted by atomic mass is 35.5. The van der Waals surface area contributed by atoms with Crippen molar-refractivity contribution in [2.24, 2.45) is 0 Å². The molecule has 0 radical (unpaired) electrons. The molecule has 8 heteroatoms. The van der Waals surface area contributed by atoms with Crippen LogP contribution >= 0.6 is 36.2 Å². The van der Waals surface area contributed by atoms with E-state index >= 15 is 0 Å². The third kappa shape index (κ3) is 5.32. The van der Waals surface area contributed by atoms with Gasteiger partial charge in [0.15, 0.2) is 0 Å². The number of carbonyl (C=O) groups is 1. The lowest BCUT2D eigenvalue weighted by Gasteiger charge is -2.15. The quantitative estimate of drug-likeness (QED) is 0.929. The Kier molecular flexibility index (Phi) is 8.13. The van der Waals surface area contributed by atoms with Crippen molar-refractivity contribution in [3.8, 4) is 0 Å². The summed E-state index contributed by atoms with van der Waals surface area (Å²) < 4.78 is 0. The van der Waals surface area contributed by atoms with E-state index in [-0.39, 0.29) is 37.1 Å². The van der Waals surface area contributed by atoms with Crippen LogP contribution in [-0.4, -0.2) is 27.8 Å². The summed E-state index contributed by atoms with van der Waals surface area (Å²) in [7, 11) is 1.76. The van der Waals surface area contributed by atoms with Gasteiger partial charge in [-0.3, -0.25) is 9.78 Å². The number of likely N-dealkylation sites (N-methyl/N-ethyl adjacent to an activating group) is 1. The molecule has 5 nitrogen and oxygen atoms in total. The second kappa shape index (κ2) is 8.73. The van der Waals surface area contributed by atoms with E-state index in [1.165, 1.54) is 11.3 Å². The number of pyridine rings is 1. The van der Waals surface area contributed by atoms with Crippen molar-refractivity contribution in [1.82, 2.24) is 14.9 Å². The Hall–Kier alpha value is -1.37. The Bertz CT molecular complexity index is 519. The molecule has 0 aromatic carbocycles. The lowest BCUT2D eigenvalue weighted by Crippen LogP contribution is -2.28. The molecule has 0 fully saturated rings. The SMILES string of the molecule is CN(Cc1cscn1)C(=O)Cc1ccc(N)cn1.Cl.Cl. The van der Waals surface area contributed by atoms with Gasteiger partial charge >= 0.3 is 0 Å². The molecule has 20 heavy (non-hydrogen) atoms. The fourth-order valence-electron chi connectivity index (χ4n) is 1.48. The van der Waals surface area contributed by atoms with Gasteiger partial charge in [-0.2, -0.15) is 0 Å². The molecule has 2 rings (SSSR count). The molecule has 0 atom stereocenters. The van der Waals surface area contributed by atoms with Crippen LogP contribution in [0.4, 0.5) is 5.69 Å². The van der Waals surface area contributed by atoms with E-state index in [0.717, 1.165) is 11.4 Å². The summed E-state index contributed by atoms with van der Waals surface area (Å²) in [6.45, 7) is 0.525. The number of aromatic nitrogens is 2. The summed E-state index contributed by atoms with van der Waals surface area (Å²) >= 11 is 1.52. The minimum absolute atomic E-state index is 0. The smallest absolute Gasteiger partial charge is 0.228 e. The Morgan fingerprint density at radius 3 is 2.60 bits per heavy atom. The van der Waals surface area contributed by atoms with Crippen molar-refractivity contribution >= 4 is 47.7 Å². The second-order valence-electron chi connectivity index (χ2n) is 3.99. The normalized spacial score (nSPS) is 9.25. The molecule has 1 amide bonds. The van der Waals surface area contributed by atoms with Crippen molar-refractivity contribution in [3.63, 3.8) is 0 Å². The summed E-state index contributed by atoms with van der Waals surface area (Å²) in [6, 6.07) is 3.51. The van der Waals surface area contributed by atoms with Crippen molar-refractivity contribution < 1.29 is 4.79 Å². The van der Waals surface area contributed by atoms with Crippen LogP contribution in [0.5, 0.6) is 0 Å². The van der Waals surface area contributed by atoms with Crippen molar-refractivity contribution in [3.05, 3.63) is 40.6 Å². The maximum atomic E-state index is 12.0. The number of anilines is 1. The largest absolute Gasteiger partial charge is 0.397 e. The molecule has 2 heterocycles. The fourth-order valence-corrected chi connectivity index (χ4v) is 2.03. The minimum atomic E-state index is 0. The predicted molar refractivity (Wildman–Crippen MR) is 85.4 cm³/mol. The highest BCUT2D eigenvalue weighted by Crippen LogP contribution is 2.07. The van der Waals surface area contributed by atoms with E-state index in [1.807, 2.05) is 5.38 Å². The zero-order valence-corrected chi connectivity index (χ0v) is 13.3. The number of nitrogen functional groups attached to an aromatic ring is 1. The monoisotopic (exact) mass is 334 g/mol. The molecule has 0 aliphatic rings. The molecule has 2 aromatic rings. The molecule has 0 saturated heterocycles. The molecule has 0 bridgehead atoms. The van der Waals surface area contributed by atoms with Crippen molar-refractivity contribution in [1.29, 1.82) is 0 Å². The van der Waals surface area contributed by atoms with Gasteiger partial charge in [-0.1, -0.05) is 0 Å². The van der Waals surface area contributed by atoms with Crippen LogP contribution in [0.25, 0.3) is 0 Å². The lowest BCUT2D eigenvalue weighted by atomic mass is 10.2. The summed E-state index contributed by atoms with van der Waals surface area (Å²) in [4.78, 5) is 21.9. The number of halogens is 2. The molecular formula is C12H16Cl2N4OS. The van der Waals surface area contributed by atoms with Gasteiger partial charge < -0.3 is 10.6 Å². The number of rotatable bonds is 4. The van der Waals surface area contributed by atoms with Crippen LogP contribution in [0, 0.1) is 0 Å². The average Bonchev–Trinajstić information content (AvgIpc) is 2.85. The summed E-state index contributed by atoms with van der Waals surface area (Å²) in [5, 5.41) is 1.94. The summed E-state index contributed by atoms with van der Waals surface area (Å²) in [5.74, 6) is 0.0141. The number of hydrogen-bond acceptors (Lipinski definition) is 5. The molecule has 0 aliphatic heterocycles. The summed E-state index contributed by atoms with van der Waals surface area (Å²) in [6.07, 6.45) is 1.84. The zero-order chi connectivity index (χ0) is 13.0. The first-order valence-electron chi connectivity index (χ1n) is 5.46. The highest BCUT2D eigenvalue weighted by Gasteiger charge is 2.11. The maximum Gasteiger partial charge on any atom is 0.228 e. The van der Waals surface area contributed by atoms with Gasteiger partial charge in [0.25, 0.3) is 0 Å². The number of thiazole rings is 1. The maximum absolute atomic E-state index is 12.0. The van der Waals surface area contributed by atoms with Gasteiger partial charge in [0.2, 0.25) is 5.91 Å². The van der Waals surface area contributed by atoms with Crippen LogP contribution < -0.4 is 5.73 Å². The highest BCUT2D eigenvalue weighted by molar-refractivity contribution is 7.07. The first kappa shape index (κ1) is 18.6. The Morgan fingerprint density at radius 2 is 2.05 bits per heavy atom. The lowest BCUT2D eigenvalue weighted by molar-refractivity contribution is -0.129. The van der Waals surface area contributed by atoms with E-state index in [1.54, 1.807) is 35.8 Å². The first-order valence-corrected chi connectivity index (χ1v) is 6.41. The van der Waals surface area contributed by atoms with Gasteiger partial charge in [0.1, 0.15) is 0 Å². The fraction of sp³-hybridized carbons (Fsp3) is 0.250. The predicted octanol–water partition coefficient (Wildman–Crippen LogP) is 2.17. The Labute approximate surface area is 134 Å². The van der Waals surface area contributed by atoms with Crippen LogP contribution in [0.15, 0.2) is 29.2 Å². The molecule has 2 N–H and O–H groups in total. The van der Waals surface area contributed by atoms with Crippen LogP contribution in [0.2, 0.25) is 0 Å². The molecular weight excluding hydrogens is 319 g/mol. The Morgan fingerprint density at radius 1 is 1.30 bits per heavy atom. The molecule has 0 aliphatic carbocycles. The average molecular weight is 335 g/mol. The second-order valence-corrected chi connectivity index (χ2v) is 4.71. The summed E-state index contributed by atoms with van der Waals surface area (Å²) in [5.41, 5.74) is 9.53. The van der Waals surface area contributed by atoms with Crippen molar-refractivity contribution in [2.45, 2.75) is 13.0 Å². The molecule has 0 spiro atoms. The van der Waals surface area contributed by atoms with Crippen LogP contribution in [-0.2, 0) is 17.8 Å². The third-order valence-electron chi connectivity index (χ3n) is 2.49. The third-order valence-corrected chi connectivity index (χ3v) is 3.12. The van der Waals surface area contributed by atoms with Gasteiger partial charge in [-0.15, -0.1) is 36.2 Å². The van der Waals surface area contributed by atoms with Crippen molar-refractivity contribution in [2.75, 3.05) is 12.8 Å². The van der Waals surface area contributed by atoms with E-state index in [9.17, 15) is 4.79 Å². The van der Waals surface area contributed by atoms with E-state index in [2.05, 4.69) is 9.97 Å². The number of carbonyl (C=O) groups excluding carboxylic acids is 1. The number of hydrogen-bond donors (Lipinski definition) is 1. The van der Waals surface area contributed by atoms with Gasteiger partial charge in [0.05, 0.1) is 36.1 Å². The molecule has 110 valence electrons. The molecule has 0 saturated carbocycles. The van der Waals surface area contributed by atoms with Gasteiger partial charge in [-0.25, -0.2) is 4.98 Å². The molecule has 2 aromatic heterocycles. The minimum Gasteiger partial charge on any atom is -0.397 e. The number of nitrogens with two attached hydrogens (primary N) is 1. The standard InChI is InChI=1S/C12H14N4OS.2ClH/c1-16(6-11-7-18-8-15-11)12(17)4-10-3-2-9(13)5-14-10;;/h2-3,5,7-8H,4,6,13H2,1H3;2*1H. The van der Waals surface area contributed by atoms with E-state index < -0.39 is 0 Å².